The average Bonchev–Trinajstić information content (AvgIpc) is 2.93. The lowest BCUT2D eigenvalue weighted by molar-refractivity contribution is -0.132. The Morgan fingerprint density at radius 1 is 1.43 bits per heavy atom. The van der Waals surface area contributed by atoms with Crippen molar-refractivity contribution >= 4 is 17.7 Å². The number of amides is 1. The van der Waals surface area contributed by atoms with Gasteiger partial charge >= 0.3 is 0 Å². The van der Waals surface area contributed by atoms with Crippen LogP contribution < -0.4 is 5.73 Å². The highest BCUT2D eigenvalue weighted by Crippen LogP contribution is 2.39. The zero-order valence-electron chi connectivity index (χ0n) is 12.7. The van der Waals surface area contributed by atoms with Gasteiger partial charge in [0.15, 0.2) is 0 Å². The molecule has 1 fully saturated rings. The highest BCUT2D eigenvalue weighted by atomic mass is 32.2. The Labute approximate surface area is 131 Å². The van der Waals surface area contributed by atoms with Crippen molar-refractivity contribution in [1.82, 2.24) is 4.90 Å². The molecule has 0 aromatic heterocycles. The van der Waals surface area contributed by atoms with Gasteiger partial charge in [-0.2, -0.15) is 0 Å². The molecule has 1 aliphatic rings. The van der Waals surface area contributed by atoms with Crippen molar-refractivity contribution in [2.45, 2.75) is 31.1 Å². The van der Waals surface area contributed by atoms with Crippen LogP contribution >= 0.6 is 11.8 Å². The maximum absolute atomic E-state index is 12.5. The second kappa shape index (κ2) is 7.02. The largest absolute Gasteiger partial charge is 0.340 e. The van der Waals surface area contributed by atoms with Crippen LogP contribution in [0.3, 0.4) is 0 Å². The summed E-state index contributed by atoms with van der Waals surface area (Å²) in [4.78, 5) is 14.4. The molecule has 1 aliphatic heterocycles. The van der Waals surface area contributed by atoms with Gasteiger partial charge in [-0.3, -0.25) is 4.79 Å². The Kier molecular flexibility index (Phi) is 5.33. The molecule has 112 valence electrons. The SMILES string of the molecule is CN(Cc1ccc(C#CCN)cc1)C(=O)C1(C)CCCS1. The Hall–Kier alpha value is -1.44. The fourth-order valence-electron chi connectivity index (χ4n) is 2.54. The van der Waals surface area contributed by atoms with Crippen LogP contribution in [0, 0.1) is 11.8 Å². The van der Waals surface area contributed by atoms with Crippen LogP contribution in [0.2, 0.25) is 0 Å². The summed E-state index contributed by atoms with van der Waals surface area (Å²) in [5, 5.41) is 0. The first-order valence-electron chi connectivity index (χ1n) is 7.22. The summed E-state index contributed by atoms with van der Waals surface area (Å²) in [6.45, 7) is 3.07. The van der Waals surface area contributed by atoms with Gasteiger partial charge in [-0.1, -0.05) is 24.0 Å². The van der Waals surface area contributed by atoms with Gasteiger partial charge < -0.3 is 10.6 Å². The van der Waals surface area contributed by atoms with Crippen molar-refractivity contribution in [2.75, 3.05) is 19.3 Å². The van der Waals surface area contributed by atoms with Gasteiger partial charge in [0.2, 0.25) is 5.91 Å². The number of rotatable bonds is 3. The molecule has 4 heteroatoms. The Bertz CT molecular complexity index is 550. The molecule has 1 amide bonds. The number of nitrogens with two attached hydrogens (primary N) is 1. The normalized spacial score (nSPS) is 20.7. The van der Waals surface area contributed by atoms with Gasteiger partial charge in [0.1, 0.15) is 0 Å². The maximum atomic E-state index is 12.5. The van der Waals surface area contributed by atoms with Crippen molar-refractivity contribution in [2.24, 2.45) is 5.73 Å². The second-order valence-electron chi connectivity index (χ2n) is 5.55. The molecule has 1 heterocycles. The fourth-order valence-corrected chi connectivity index (χ4v) is 3.85. The molecule has 1 atom stereocenters. The van der Waals surface area contributed by atoms with Crippen molar-refractivity contribution < 1.29 is 4.79 Å². The van der Waals surface area contributed by atoms with Crippen LogP contribution in [0.25, 0.3) is 0 Å². The van der Waals surface area contributed by atoms with Crippen molar-refractivity contribution in [3.8, 4) is 11.8 Å². The van der Waals surface area contributed by atoms with E-state index in [0.29, 0.717) is 13.1 Å². The first-order chi connectivity index (χ1) is 10.0. The van der Waals surface area contributed by atoms with E-state index < -0.39 is 0 Å². The lowest BCUT2D eigenvalue weighted by Crippen LogP contribution is -2.41. The lowest BCUT2D eigenvalue weighted by atomic mass is 10.0. The lowest BCUT2D eigenvalue weighted by Gasteiger charge is -2.28. The van der Waals surface area contributed by atoms with Crippen molar-refractivity contribution in [1.29, 1.82) is 0 Å². The summed E-state index contributed by atoms with van der Waals surface area (Å²) in [6.07, 6.45) is 2.11. The molecule has 2 N–H and O–H groups in total. The molecular weight excluding hydrogens is 280 g/mol. The minimum Gasteiger partial charge on any atom is -0.340 e. The Morgan fingerprint density at radius 3 is 2.71 bits per heavy atom. The van der Waals surface area contributed by atoms with Gasteiger partial charge in [-0.25, -0.2) is 0 Å². The number of benzene rings is 1. The monoisotopic (exact) mass is 302 g/mol. The van der Waals surface area contributed by atoms with E-state index in [-0.39, 0.29) is 10.7 Å². The molecule has 0 radical (unpaired) electrons. The summed E-state index contributed by atoms with van der Waals surface area (Å²) < 4.78 is -0.235. The minimum atomic E-state index is -0.235. The zero-order chi connectivity index (χ0) is 15.3. The van der Waals surface area contributed by atoms with E-state index in [1.165, 1.54) is 0 Å². The highest BCUT2D eigenvalue weighted by Gasteiger charge is 2.38. The van der Waals surface area contributed by atoms with E-state index in [1.807, 2.05) is 36.2 Å². The fraction of sp³-hybridized carbons (Fsp3) is 0.471. The zero-order valence-corrected chi connectivity index (χ0v) is 13.5. The van der Waals surface area contributed by atoms with Crippen LogP contribution in [-0.4, -0.2) is 34.9 Å². The molecule has 1 saturated heterocycles. The molecule has 21 heavy (non-hydrogen) atoms. The summed E-state index contributed by atoms with van der Waals surface area (Å²) in [7, 11) is 1.88. The van der Waals surface area contributed by atoms with E-state index in [0.717, 1.165) is 29.7 Å². The number of nitrogens with zero attached hydrogens (tertiary/aromatic N) is 1. The third-order valence-electron chi connectivity index (χ3n) is 3.73. The molecule has 1 aromatic rings. The third kappa shape index (κ3) is 4.03. The van der Waals surface area contributed by atoms with E-state index in [9.17, 15) is 4.79 Å². The molecule has 3 nitrogen and oxygen atoms in total. The molecule has 1 unspecified atom stereocenters. The van der Waals surface area contributed by atoms with Crippen LogP contribution in [0.15, 0.2) is 24.3 Å². The standard InChI is InChI=1S/C17H22N2OS/c1-17(10-4-12-21-17)16(20)19(2)13-15-8-6-14(7-9-15)5-3-11-18/h6-9H,4,10-13,18H2,1-2H3. The predicted octanol–water partition coefficient (Wildman–Crippen LogP) is 2.24. The van der Waals surface area contributed by atoms with E-state index >= 15 is 0 Å². The summed E-state index contributed by atoms with van der Waals surface area (Å²) in [5.41, 5.74) is 7.43. The summed E-state index contributed by atoms with van der Waals surface area (Å²) in [5.74, 6) is 7.16. The smallest absolute Gasteiger partial charge is 0.238 e. The predicted molar refractivity (Wildman–Crippen MR) is 88.9 cm³/mol. The third-order valence-corrected chi connectivity index (χ3v) is 5.24. The Morgan fingerprint density at radius 2 is 2.14 bits per heavy atom. The molecular formula is C17H22N2OS. The molecule has 0 spiro atoms. The van der Waals surface area contributed by atoms with Crippen LogP contribution in [-0.2, 0) is 11.3 Å². The first-order valence-corrected chi connectivity index (χ1v) is 8.21. The summed E-state index contributed by atoms with van der Waals surface area (Å²) in [6, 6.07) is 7.99. The molecule has 0 saturated carbocycles. The maximum Gasteiger partial charge on any atom is 0.238 e. The number of thioether (sulfide) groups is 1. The van der Waals surface area contributed by atoms with E-state index in [1.54, 1.807) is 11.8 Å². The average molecular weight is 302 g/mol. The molecule has 0 bridgehead atoms. The number of carbonyl (C=O) groups is 1. The van der Waals surface area contributed by atoms with Crippen molar-refractivity contribution in [3.63, 3.8) is 0 Å². The molecule has 2 rings (SSSR count). The van der Waals surface area contributed by atoms with Gasteiger partial charge in [0, 0.05) is 19.2 Å². The number of carbonyl (C=O) groups excluding carboxylic acids is 1. The topological polar surface area (TPSA) is 46.3 Å². The van der Waals surface area contributed by atoms with Gasteiger partial charge in [-0.05, 0) is 43.2 Å². The second-order valence-corrected chi connectivity index (χ2v) is 7.14. The quantitative estimate of drug-likeness (QED) is 0.871. The van der Waals surface area contributed by atoms with Gasteiger partial charge in [-0.15, -0.1) is 11.8 Å². The van der Waals surface area contributed by atoms with Crippen LogP contribution in [0.4, 0.5) is 0 Å². The minimum absolute atomic E-state index is 0.233. The number of hydrogen-bond donors (Lipinski definition) is 1. The van der Waals surface area contributed by atoms with Gasteiger partial charge in [0.25, 0.3) is 0 Å². The number of hydrogen-bond acceptors (Lipinski definition) is 3. The van der Waals surface area contributed by atoms with E-state index in [4.69, 9.17) is 5.73 Å². The van der Waals surface area contributed by atoms with E-state index in [2.05, 4.69) is 18.8 Å². The first kappa shape index (κ1) is 15.9. The van der Waals surface area contributed by atoms with Crippen molar-refractivity contribution in [3.05, 3.63) is 35.4 Å². The molecule has 1 aromatic carbocycles. The highest BCUT2D eigenvalue weighted by molar-refractivity contribution is 8.01. The summed E-state index contributed by atoms with van der Waals surface area (Å²) >= 11 is 1.78. The van der Waals surface area contributed by atoms with Gasteiger partial charge in [0.05, 0.1) is 11.3 Å². The van der Waals surface area contributed by atoms with Crippen LogP contribution in [0.1, 0.15) is 30.9 Å². The Balaban J connectivity index is 1.99. The molecule has 0 aliphatic carbocycles. The van der Waals surface area contributed by atoms with Crippen LogP contribution in [0.5, 0.6) is 0 Å².